The molecule has 0 aliphatic heterocycles. The Morgan fingerprint density at radius 1 is 1.40 bits per heavy atom. The highest BCUT2D eigenvalue weighted by atomic mass is 16.5. The van der Waals surface area contributed by atoms with Crippen LogP contribution in [0.4, 0.5) is 0 Å². The lowest BCUT2D eigenvalue weighted by Crippen LogP contribution is -2.34. The van der Waals surface area contributed by atoms with Gasteiger partial charge in [-0.3, -0.25) is 0 Å². The van der Waals surface area contributed by atoms with Gasteiger partial charge >= 0.3 is 0 Å². The molecule has 112 valence electrons. The second kappa shape index (κ2) is 8.84. The molecule has 0 aliphatic rings. The molecule has 1 aromatic heterocycles. The molecule has 0 aromatic carbocycles. The van der Waals surface area contributed by atoms with Crippen molar-refractivity contribution in [2.24, 2.45) is 5.92 Å². The van der Waals surface area contributed by atoms with Crippen LogP contribution in [0.15, 0.2) is 22.8 Å². The summed E-state index contributed by atoms with van der Waals surface area (Å²) in [5, 5.41) is 0. The molecular formula is C17H26O3. The van der Waals surface area contributed by atoms with E-state index in [1.165, 1.54) is 0 Å². The molecule has 0 N–H and O–H groups in total. The Morgan fingerprint density at radius 3 is 2.75 bits per heavy atom. The lowest BCUT2D eigenvalue weighted by Gasteiger charge is -2.30. The van der Waals surface area contributed by atoms with Gasteiger partial charge in [0.1, 0.15) is 11.4 Å². The third-order valence-corrected chi connectivity index (χ3v) is 3.45. The molecule has 0 fully saturated rings. The molecule has 0 spiro atoms. The van der Waals surface area contributed by atoms with E-state index in [0.717, 1.165) is 25.0 Å². The zero-order valence-corrected chi connectivity index (χ0v) is 12.9. The van der Waals surface area contributed by atoms with Gasteiger partial charge in [0.2, 0.25) is 0 Å². The van der Waals surface area contributed by atoms with Gasteiger partial charge in [-0.05, 0) is 37.8 Å². The molecule has 0 aliphatic carbocycles. The van der Waals surface area contributed by atoms with Crippen LogP contribution in [-0.2, 0) is 15.9 Å². The largest absolute Gasteiger partial charge is 0.469 e. The Labute approximate surface area is 122 Å². The Balaban J connectivity index is 2.49. The molecular weight excluding hydrogens is 252 g/mol. The molecule has 2 unspecified atom stereocenters. The van der Waals surface area contributed by atoms with Crippen molar-refractivity contribution < 1.29 is 13.9 Å². The van der Waals surface area contributed by atoms with Crippen molar-refractivity contribution in [2.75, 3.05) is 19.8 Å². The number of hydrogen-bond donors (Lipinski definition) is 0. The number of ether oxygens (including phenoxy) is 2. The summed E-state index contributed by atoms with van der Waals surface area (Å²) in [6.45, 7) is 8.05. The fourth-order valence-electron chi connectivity index (χ4n) is 2.36. The van der Waals surface area contributed by atoms with Crippen molar-refractivity contribution in [3.8, 4) is 12.3 Å². The van der Waals surface area contributed by atoms with Gasteiger partial charge in [0.25, 0.3) is 0 Å². The summed E-state index contributed by atoms with van der Waals surface area (Å²) in [6.07, 6.45) is 9.93. The van der Waals surface area contributed by atoms with Crippen LogP contribution in [0.1, 0.15) is 39.4 Å². The van der Waals surface area contributed by atoms with Crippen LogP contribution in [-0.4, -0.2) is 25.4 Å². The summed E-state index contributed by atoms with van der Waals surface area (Å²) < 4.78 is 16.6. The number of rotatable bonds is 10. The minimum Gasteiger partial charge on any atom is -0.469 e. The summed E-state index contributed by atoms with van der Waals surface area (Å²) >= 11 is 0. The minimum atomic E-state index is -0.497. The quantitative estimate of drug-likeness (QED) is 0.483. The predicted octanol–water partition coefficient (Wildman–Crippen LogP) is 3.68. The summed E-state index contributed by atoms with van der Waals surface area (Å²) in [6, 6.07) is 3.91. The number of furan rings is 1. The first-order valence-corrected chi connectivity index (χ1v) is 7.37. The fraction of sp³-hybridized carbons (Fsp3) is 0.647. The van der Waals surface area contributed by atoms with Crippen LogP contribution in [0.5, 0.6) is 0 Å². The Bertz CT molecular complexity index is 391. The average Bonchev–Trinajstić information content (AvgIpc) is 2.95. The SMILES string of the molecule is C#CC(CC)(CC(C)Cc1ccco1)OCCOCC. The van der Waals surface area contributed by atoms with Gasteiger partial charge in [0, 0.05) is 13.0 Å². The lowest BCUT2D eigenvalue weighted by atomic mass is 9.87. The van der Waals surface area contributed by atoms with Crippen molar-refractivity contribution in [3.63, 3.8) is 0 Å². The molecule has 0 bridgehead atoms. The zero-order chi connectivity index (χ0) is 14.8. The maximum absolute atomic E-state index is 5.93. The lowest BCUT2D eigenvalue weighted by molar-refractivity contribution is -0.0448. The van der Waals surface area contributed by atoms with Crippen molar-refractivity contribution in [3.05, 3.63) is 24.2 Å². The molecule has 20 heavy (non-hydrogen) atoms. The Morgan fingerprint density at radius 2 is 2.20 bits per heavy atom. The monoisotopic (exact) mass is 278 g/mol. The molecule has 3 nitrogen and oxygen atoms in total. The normalized spacial score (nSPS) is 15.5. The second-order valence-corrected chi connectivity index (χ2v) is 5.13. The van der Waals surface area contributed by atoms with E-state index in [4.69, 9.17) is 20.3 Å². The molecule has 0 saturated carbocycles. The van der Waals surface area contributed by atoms with Crippen LogP contribution in [0, 0.1) is 18.3 Å². The maximum Gasteiger partial charge on any atom is 0.128 e. The minimum absolute atomic E-state index is 0.407. The van der Waals surface area contributed by atoms with E-state index in [2.05, 4.69) is 19.8 Å². The first kappa shape index (κ1) is 16.8. The third-order valence-electron chi connectivity index (χ3n) is 3.45. The average molecular weight is 278 g/mol. The standard InChI is InChI=1S/C17H26O3/c1-5-17(6-2,20-12-11-18-7-3)14-15(4)13-16-9-8-10-19-16/h1,8-10,15H,6-7,11-14H2,2-4H3. The topological polar surface area (TPSA) is 31.6 Å². The molecule has 2 atom stereocenters. The number of terminal acetylenes is 1. The van der Waals surface area contributed by atoms with Gasteiger partial charge in [0.15, 0.2) is 0 Å². The predicted molar refractivity (Wildman–Crippen MR) is 80.5 cm³/mol. The summed E-state index contributed by atoms with van der Waals surface area (Å²) in [5.41, 5.74) is -0.497. The van der Waals surface area contributed by atoms with Crippen molar-refractivity contribution in [1.82, 2.24) is 0 Å². The van der Waals surface area contributed by atoms with E-state index < -0.39 is 5.60 Å². The van der Waals surface area contributed by atoms with Crippen LogP contribution in [0.3, 0.4) is 0 Å². The molecule has 3 heteroatoms. The first-order chi connectivity index (χ1) is 9.65. The van der Waals surface area contributed by atoms with Gasteiger partial charge in [-0.2, -0.15) is 0 Å². The van der Waals surface area contributed by atoms with Gasteiger partial charge in [-0.1, -0.05) is 19.8 Å². The summed E-state index contributed by atoms with van der Waals surface area (Å²) in [5.74, 6) is 4.25. The van der Waals surface area contributed by atoms with Crippen molar-refractivity contribution >= 4 is 0 Å². The second-order valence-electron chi connectivity index (χ2n) is 5.13. The highest BCUT2D eigenvalue weighted by Gasteiger charge is 2.29. The van der Waals surface area contributed by atoms with E-state index in [0.29, 0.717) is 25.7 Å². The Kier molecular flexibility index (Phi) is 7.43. The van der Waals surface area contributed by atoms with E-state index in [1.54, 1.807) is 6.26 Å². The molecule has 0 amide bonds. The van der Waals surface area contributed by atoms with Gasteiger partial charge in [-0.25, -0.2) is 0 Å². The van der Waals surface area contributed by atoms with Crippen molar-refractivity contribution in [2.45, 2.75) is 45.6 Å². The summed E-state index contributed by atoms with van der Waals surface area (Å²) in [7, 11) is 0. The highest BCUT2D eigenvalue weighted by Crippen LogP contribution is 2.26. The van der Waals surface area contributed by atoms with Crippen LogP contribution in [0.2, 0.25) is 0 Å². The summed E-state index contributed by atoms with van der Waals surface area (Å²) in [4.78, 5) is 0. The van der Waals surface area contributed by atoms with Crippen molar-refractivity contribution in [1.29, 1.82) is 0 Å². The van der Waals surface area contributed by atoms with E-state index >= 15 is 0 Å². The third kappa shape index (κ3) is 5.40. The molecule has 0 radical (unpaired) electrons. The van der Waals surface area contributed by atoms with E-state index in [-0.39, 0.29) is 0 Å². The van der Waals surface area contributed by atoms with E-state index in [1.807, 2.05) is 19.1 Å². The van der Waals surface area contributed by atoms with Crippen LogP contribution < -0.4 is 0 Å². The number of hydrogen-bond acceptors (Lipinski definition) is 3. The van der Waals surface area contributed by atoms with Gasteiger partial charge < -0.3 is 13.9 Å². The molecule has 0 saturated heterocycles. The molecule has 1 aromatic rings. The van der Waals surface area contributed by atoms with Crippen LogP contribution >= 0.6 is 0 Å². The maximum atomic E-state index is 5.93. The van der Waals surface area contributed by atoms with Gasteiger partial charge in [-0.15, -0.1) is 6.42 Å². The first-order valence-electron chi connectivity index (χ1n) is 7.37. The smallest absolute Gasteiger partial charge is 0.128 e. The molecule has 1 rings (SSSR count). The van der Waals surface area contributed by atoms with E-state index in [9.17, 15) is 0 Å². The fourth-order valence-corrected chi connectivity index (χ4v) is 2.36. The van der Waals surface area contributed by atoms with Gasteiger partial charge in [0.05, 0.1) is 19.5 Å². The van der Waals surface area contributed by atoms with Crippen LogP contribution in [0.25, 0.3) is 0 Å². The highest BCUT2D eigenvalue weighted by molar-refractivity contribution is 5.09. The zero-order valence-electron chi connectivity index (χ0n) is 12.9. The molecule has 1 heterocycles. The Hall–Kier alpha value is -1.24.